The summed E-state index contributed by atoms with van der Waals surface area (Å²) in [6.45, 7) is 0.499. The number of aliphatic imine (C=N–C) groups is 1. The van der Waals surface area contributed by atoms with Gasteiger partial charge in [-0.1, -0.05) is 30.3 Å². The summed E-state index contributed by atoms with van der Waals surface area (Å²) in [5.41, 5.74) is 6.85. The van der Waals surface area contributed by atoms with Crippen molar-refractivity contribution in [2.24, 2.45) is 10.7 Å². The van der Waals surface area contributed by atoms with Crippen molar-refractivity contribution in [2.75, 3.05) is 5.32 Å². The second kappa shape index (κ2) is 8.62. The summed E-state index contributed by atoms with van der Waals surface area (Å²) in [7, 11) is 0. The molecule has 0 heterocycles. The number of allylic oxidation sites excluding steroid dienone is 2. The van der Waals surface area contributed by atoms with Crippen LogP contribution in [0.4, 0.5) is 5.69 Å². The molecule has 0 aliphatic carbocycles. The predicted octanol–water partition coefficient (Wildman–Crippen LogP) is 2.92. The maximum absolute atomic E-state index is 8.82. The van der Waals surface area contributed by atoms with Crippen molar-refractivity contribution >= 4 is 12.0 Å². The molecule has 0 bridgehead atoms. The molecule has 0 aliphatic heterocycles. The zero-order valence-corrected chi connectivity index (χ0v) is 12.8. The van der Waals surface area contributed by atoms with Crippen LogP contribution in [0.2, 0.25) is 0 Å². The molecule has 6 heteroatoms. The molecule has 0 radical (unpaired) electrons. The minimum absolute atomic E-state index is 0.132. The number of nitriles is 2. The highest BCUT2D eigenvalue weighted by atomic mass is 16.5. The molecule has 0 fully saturated rings. The molecule has 2 aromatic carbocycles. The highest BCUT2D eigenvalue weighted by Crippen LogP contribution is 2.16. The molecule has 0 unspecified atom stereocenters. The molecule has 0 aromatic heterocycles. The van der Waals surface area contributed by atoms with Crippen LogP contribution in [0.15, 0.2) is 71.0 Å². The normalized spacial score (nSPS) is 11.2. The topological polar surface area (TPSA) is 107 Å². The van der Waals surface area contributed by atoms with Crippen LogP contribution >= 0.6 is 0 Å². The molecular weight excluding hydrogens is 302 g/mol. The highest BCUT2D eigenvalue weighted by Gasteiger charge is 1.99. The first-order valence-corrected chi connectivity index (χ1v) is 7.08. The first-order valence-electron chi connectivity index (χ1n) is 7.08. The Labute approximate surface area is 140 Å². The van der Waals surface area contributed by atoms with Gasteiger partial charge in [-0.15, -0.1) is 0 Å². The number of ether oxygens (including phenoxy) is 1. The lowest BCUT2D eigenvalue weighted by Gasteiger charge is -2.07. The van der Waals surface area contributed by atoms with E-state index in [-0.39, 0.29) is 11.4 Å². The summed E-state index contributed by atoms with van der Waals surface area (Å²) in [5.74, 6) is 0.743. The highest BCUT2D eigenvalue weighted by molar-refractivity contribution is 5.77. The van der Waals surface area contributed by atoms with Crippen molar-refractivity contribution in [1.82, 2.24) is 0 Å². The van der Waals surface area contributed by atoms with E-state index in [1.165, 1.54) is 6.34 Å². The monoisotopic (exact) mass is 317 g/mol. The number of rotatable bonds is 6. The molecule has 118 valence electrons. The summed E-state index contributed by atoms with van der Waals surface area (Å²) in [5, 5.41) is 20.3. The van der Waals surface area contributed by atoms with Gasteiger partial charge in [-0.05, 0) is 29.8 Å². The summed E-state index contributed by atoms with van der Waals surface area (Å²) < 4.78 is 5.69. The zero-order valence-electron chi connectivity index (χ0n) is 12.8. The Hall–Kier alpha value is -3.77. The van der Waals surface area contributed by atoms with E-state index in [1.807, 2.05) is 54.6 Å². The summed E-state index contributed by atoms with van der Waals surface area (Å²) in [6, 6.07) is 20.6. The Morgan fingerprint density at radius 3 is 2.42 bits per heavy atom. The van der Waals surface area contributed by atoms with Crippen molar-refractivity contribution in [1.29, 1.82) is 10.5 Å². The van der Waals surface area contributed by atoms with Gasteiger partial charge < -0.3 is 15.8 Å². The molecule has 0 saturated heterocycles. The van der Waals surface area contributed by atoms with Crippen LogP contribution in [0, 0.1) is 22.7 Å². The van der Waals surface area contributed by atoms with Crippen molar-refractivity contribution in [3.05, 3.63) is 71.6 Å². The Morgan fingerprint density at radius 1 is 1.08 bits per heavy atom. The van der Waals surface area contributed by atoms with E-state index in [0.29, 0.717) is 6.61 Å². The molecule has 0 atom stereocenters. The van der Waals surface area contributed by atoms with Gasteiger partial charge in [0.2, 0.25) is 0 Å². The van der Waals surface area contributed by atoms with Gasteiger partial charge in [0, 0.05) is 5.69 Å². The van der Waals surface area contributed by atoms with Gasteiger partial charge in [0.1, 0.15) is 30.2 Å². The predicted molar refractivity (Wildman–Crippen MR) is 91.8 cm³/mol. The van der Waals surface area contributed by atoms with Gasteiger partial charge in [-0.3, -0.25) is 0 Å². The van der Waals surface area contributed by atoms with Gasteiger partial charge in [0.05, 0.1) is 6.34 Å². The molecule has 3 N–H and O–H groups in total. The number of anilines is 1. The molecule has 2 rings (SSSR count). The van der Waals surface area contributed by atoms with E-state index < -0.39 is 0 Å². The standard InChI is InChI=1S/C18H15N5O/c19-10-17(21)18(11-20)23-13-22-15-6-8-16(9-7-15)24-12-14-4-2-1-3-5-14/h1-9,13H,12,21H2,(H,22,23)/b18-17-. The van der Waals surface area contributed by atoms with Crippen molar-refractivity contribution in [3.8, 4) is 17.9 Å². The van der Waals surface area contributed by atoms with Crippen LogP contribution in [0.5, 0.6) is 5.75 Å². The number of benzene rings is 2. The number of hydrogen-bond acceptors (Lipinski definition) is 5. The lowest BCUT2D eigenvalue weighted by molar-refractivity contribution is 0.306. The van der Waals surface area contributed by atoms with E-state index in [4.69, 9.17) is 21.0 Å². The Balaban J connectivity index is 1.91. The van der Waals surface area contributed by atoms with E-state index in [9.17, 15) is 0 Å². The second-order valence-corrected chi connectivity index (χ2v) is 4.69. The Morgan fingerprint density at radius 2 is 1.79 bits per heavy atom. The molecule has 0 amide bonds. The van der Waals surface area contributed by atoms with Crippen LogP contribution in [-0.2, 0) is 6.61 Å². The lowest BCUT2D eigenvalue weighted by atomic mass is 10.2. The van der Waals surface area contributed by atoms with E-state index in [0.717, 1.165) is 17.0 Å². The number of nitrogens with one attached hydrogen (secondary N) is 1. The molecule has 0 saturated carbocycles. The largest absolute Gasteiger partial charge is 0.489 e. The molecule has 0 spiro atoms. The van der Waals surface area contributed by atoms with Crippen molar-refractivity contribution in [3.63, 3.8) is 0 Å². The summed E-state index contributed by atoms with van der Waals surface area (Å²) in [4.78, 5) is 3.81. The van der Waals surface area contributed by atoms with Crippen LogP contribution in [0.25, 0.3) is 0 Å². The Kier molecular flexibility index (Phi) is 5.96. The molecule has 0 aliphatic rings. The van der Waals surface area contributed by atoms with Crippen LogP contribution in [-0.4, -0.2) is 6.34 Å². The smallest absolute Gasteiger partial charge is 0.175 e. The third-order valence-electron chi connectivity index (χ3n) is 3.01. The van der Waals surface area contributed by atoms with Gasteiger partial charge >= 0.3 is 0 Å². The van der Waals surface area contributed by atoms with Crippen LogP contribution in [0.3, 0.4) is 0 Å². The van der Waals surface area contributed by atoms with Crippen LogP contribution < -0.4 is 15.8 Å². The van der Waals surface area contributed by atoms with E-state index in [1.54, 1.807) is 12.1 Å². The Bertz CT molecular complexity index is 811. The van der Waals surface area contributed by atoms with Gasteiger partial charge in [0.25, 0.3) is 0 Å². The quantitative estimate of drug-likeness (QED) is 0.484. The van der Waals surface area contributed by atoms with Gasteiger partial charge in [0.15, 0.2) is 5.70 Å². The molecule has 2 aromatic rings. The fourth-order valence-corrected chi connectivity index (χ4v) is 1.77. The number of nitrogens with zero attached hydrogens (tertiary/aromatic N) is 3. The van der Waals surface area contributed by atoms with Crippen molar-refractivity contribution in [2.45, 2.75) is 6.61 Å². The third-order valence-corrected chi connectivity index (χ3v) is 3.01. The minimum Gasteiger partial charge on any atom is -0.489 e. The fourth-order valence-electron chi connectivity index (χ4n) is 1.77. The number of hydrogen-bond donors (Lipinski definition) is 2. The SMILES string of the molecule is N#C/C(N)=C(\C#N)N=CNc1ccc(OCc2ccccc2)cc1. The van der Waals surface area contributed by atoms with Gasteiger partial charge in [-0.2, -0.15) is 10.5 Å². The minimum atomic E-state index is -0.222. The summed E-state index contributed by atoms with van der Waals surface area (Å²) >= 11 is 0. The van der Waals surface area contributed by atoms with E-state index >= 15 is 0 Å². The maximum Gasteiger partial charge on any atom is 0.175 e. The van der Waals surface area contributed by atoms with Crippen molar-refractivity contribution < 1.29 is 4.74 Å². The second-order valence-electron chi connectivity index (χ2n) is 4.69. The first-order chi connectivity index (χ1) is 11.7. The van der Waals surface area contributed by atoms with Crippen LogP contribution in [0.1, 0.15) is 5.56 Å². The average molecular weight is 317 g/mol. The summed E-state index contributed by atoms with van der Waals surface area (Å²) in [6.07, 6.45) is 1.31. The number of nitrogens with two attached hydrogens (primary N) is 1. The molecule has 6 nitrogen and oxygen atoms in total. The fraction of sp³-hybridized carbons (Fsp3) is 0.0556. The third kappa shape index (κ3) is 4.90. The first kappa shape index (κ1) is 16.6. The van der Waals surface area contributed by atoms with Gasteiger partial charge in [-0.25, -0.2) is 4.99 Å². The zero-order chi connectivity index (χ0) is 17.2. The lowest BCUT2D eigenvalue weighted by Crippen LogP contribution is -2.00. The molecule has 24 heavy (non-hydrogen) atoms. The maximum atomic E-state index is 8.82. The van der Waals surface area contributed by atoms with E-state index in [2.05, 4.69) is 10.3 Å². The molecular formula is C18H15N5O. The average Bonchev–Trinajstić information content (AvgIpc) is 2.65.